The number of primary amides is 1. The van der Waals surface area contributed by atoms with Crippen molar-refractivity contribution in [2.45, 2.75) is 63.9 Å². The van der Waals surface area contributed by atoms with Crippen molar-refractivity contribution in [2.75, 3.05) is 11.9 Å². The maximum atomic E-state index is 14.4. The van der Waals surface area contributed by atoms with Crippen LogP contribution in [0.2, 0.25) is 5.02 Å². The Bertz CT molecular complexity index is 1500. The fourth-order valence-corrected chi connectivity index (χ4v) is 5.56. The van der Waals surface area contributed by atoms with E-state index in [1.165, 1.54) is 22.8 Å². The van der Waals surface area contributed by atoms with E-state index in [4.69, 9.17) is 26.8 Å². The molecule has 3 N–H and O–H groups in total. The number of nitrogens with one attached hydrogen (secondary N) is 1. The molecule has 0 aliphatic carbocycles. The topological polar surface area (TPSA) is 113 Å². The lowest BCUT2D eigenvalue weighted by molar-refractivity contribution is -0.121. The Hall–Kier alpha value is -3.53. The van der Waals surface area contributed by atoms with Crippen molar-refractivity contribution in [1.29, 1.82) is 0 Å². The third kappa shape index (κ3) is 6.11. The Balaban J connectivity index is 1.54. The van der Waals surface area contributed by atoms with Crippen molar-refractivity contribution in [3.8, 4) is 11.1 Å². The third-order valence-corrected chi connectivity index (χ3v) is 7.69. The third-order valence-electron chi connectivity index (χ3n) is 7.46. The molecule has 1 aromatic heterocycles. The SMILES string of the molecule is C[C@@H]1Cc2ccc(Cl)cc2-c2cc(=O)n([C@@H](C[C@@H]3CCCCO3)C(=O)Nc3ccc(C(N)=O)c(F)c3)cc2CO1. The van der Waals surface area contributed by atoms with E-state index in [1.54, 1.807) is 6.20 Å². The summed E-state index contributed by atoms with van der Waals surface area (Å²) in [5, 5.41) is 3.26. The molecule has 3 heterocycles. The molecule has 210 valence electrons. The normalized spacial score (nSPS) is 19.5. The zero-order valence-electron chi connectivity index (χ0n) is 22.1. The summed E-state index contributed by atoms with van der Waals surface area (Å²) >= 11 is 6.33. The first-order valence-corrected chi connectivity index (χ1v) is 13.7. The molecule has 40 heavy (non-hydrogen) atoms. The molecule has 3 aromatic rings. The van der Waals surface area contributed by atoms with Crippen LogP contribution in [0.15, 0.2) is 53.5 Å². The summed E-state index contributed by atoms with van der Waals surface area (Å²) in [4.78, 5) is 38.7. The lowest BCUT2D eigenvalue weighted by atomic mass is 9.92. The maximum absolute atomic E-state index is 14.4. The second kappa shape index (κ2) is 11.9. The molecule has 1 saturated heterocycles. The first kappa shape index (κ1) is 28.0. The van der Waals surface area contributed by atoms with Gasteiger partial charge in [0.05, 0.1) is 24.4 Å². The van der Waals surface area contributed by atoms with Gasteiger partial charge in [-0.15, -0.1) is 0 Å². The van der Waals surface area contributed by atoms with Crippen LogP contribution in [0.4, 0.5) is 10.1 Å². The Morgan fingerprint density at radius 2 is 1.93 bits per heavy atom. The van der Waals surface area contributed by atoms with E-state index in [0.717, 1.165) is 42.0 Å². The van der Waals surface area contributed by atoms with Gasteiger partial charge in [-0.1, -0.05) is 17.7 Å². The summed E-state index contributed by atoms with van der Waals surface area (Å²) in [6.45, 7) is 2.82. The lowest BCUT2D eigenvalue weighted by Crippen LogP contribution is -2.37. The van der Waals surface area contributed by atoms with E-state index in [9.17, 15) is 18.8 Å². The molecule has 2 aliphatic heterocycles. The number of pyridine rings is 1. The monoisotopic (exact) mass is 567 g/mol. The number of rotatable bonds is 6. The van der Waals surface area contributed by atoms with Crippen molar-refractivity contribution in [3.05, 3.63) is 86.5 Å². The number of nitrogens with two attached hydrogens (primary N) is 1. The highest BCUT2D eigenvalue weighted by molar-refractivity contribution is 6.30. The van der Waals surface area contributed by atoms with E-state index in [0.29, 0.717) is 23.6 Å². The van der Waals surface area contributed by atoms with Crippen LogP contribution < -0.4 is 16.6 Å². The molecule has 2 aliphatic rings. The van der Waals surface area contributed by atoms with Gasteiger partial charge in [0, 0.05) is 41.6 Å². The van der Waals surface area contributed by atoms with Crippen molar-refractivity contribution >= 4 is 29.1 Å². The van der Waals surface area contributed by atoms with Gasteiger partial charge < -0.3 is 25.1 Å². The van der Waals surface area contributed by atoms with Gasteiger partial charge in [-0.2, -0.15) is 0 Å². The Morgan fingerprint density at radius 1 is 1.12 bits per heavy atom. The minimum Gasteiger partial charge on any atom is -0.378 e. The molecule has 5 rings (SSSR count). The summed E-state index contributed by atoms with van der Waals surface area (Å²) in [7, 11) is 0. The Labute approximate surface area is 236 Å². The first-order valence-electron chi connectivity index (χ1n) is 13.4. The van der Waals surface area contributed by atoms with Crippen LogP contribution in [-0.2, 0) is 27.3 Å². The quantitative estimate of drug-likeness (QED) is 0.435. The summed E-state index contributed by atoms with van der Waals surface area (Å²) < 4.78 is 27.8. The summed E-state index contributed by atoms with van der Waals surface area (Å²) in [5.74, 6) is -2.26. The molecule has 8 nitrogen and oxygen atoms in total. The number of benzene rings is 2. The molecule has 0 spiro atoms. The predicted molar refractivity (Wildman–Crippen MR) is 150 cm³/mol. The van der Waals surface area contributed by atoms with Gasteiger partial charge in [0.1, 0.15) is 11.9 Å². The average Bonchev–Trinajstić information content (AvgIpc) is 2.91. The van der Waals surface area contributed by atoms with E-state index in [-0.39, 0.29) is 42.0 Å². The van der Waals surface area contributed by atoms with E-state index < -0.39 is 23.7 Å². The molecular weight excluding hydrogens is 537 g/mol. The highest BCUT2D eigenvalue weighted by Crippen LogP contribution is 2.34. The number of fused-ring (bicyclic) bond motifs is 3. The molecular formula is C30H31ClFN3O5. The predicted octanol–water partition coefficient (Wildman–Crippen LogP) is 5.01. The fraction of sp³-hybridized carbons (Fsp3) is 0.367. The molecule has 0 saturated carbocycles. The summed E-state index contributed by atoms with van der Waals surface area (Å²) in [5.41, 5.74) is 8.02. The van der Waals surface area contributed by atoms with Gasteiger partial charge in [-0.25, -0.2) is 4.39 Å². The van der Waals surface area contributed by atoms with Gasteiger partial charge >= 0.3 is 0 Å². The number of hydrogen-bond donors (Lipinski definition) is 2. The molecule has 10 heteroatoms. The highest BCUT2D eigenvalue weighted by Gasteiger charge is 2.29. The van der Waals surface area contributed by atoms with Gasteiger partial charge in [-0.05, 0) is 79.6 Å². The standard InChI is InChI=1S/C30H31ClFN3O5/c1-17-10-18-5-6-20(31)11-24(18)25-14-28(36)35(15-19(25)16-40-17)27(13-22-4-2-3-9-39-22)30(38)34-21-7-8-23(29(33)37)26(32)12-21/h5-8,11-12,14-15,17,22,27H,2-4,9-10,13,16H2,1H3,(H2,33,37)(H,34,38)/t17-,22+,27+/m1/s1. The average molecular weight is 568 g/mol. The van der Waals surface area contributed by atoms with Crippen molar-refractivity contribution in [2.24, 2.45) is 5.73 Å². The highest BCUT2D eigenvalue weighted by atomic mass is 35.5. The second-order valence-electron chi connectivity index (χ2n) is 10.4. The number of halogens is 2. The minimum atomic E-state index is -0.943. The van der Waals surface area contributed by atoms with Gasteiger partial charge in [0.15, 0.2) is 0 Å². The molecule has 0 radical (unpaired) electrons. The van der Waals surface area contributed by atoms with Gasteiger partial charge in [-0.3, -0.25) is 14.4 Å². The largest absolute Gasteiger partial charge is 0.378 e. The number of carbonyl (C=O) groups excluding carboxylic acids is 2. The van der Waals surface area contributed by atoms with E-state index >= 15 is 0 Å². The second-order valence-corrected chi connectivity index (χ2v) is 10.8. The Morgan fingerprint density at radius 3 is 2.65 bits per heavy atom. The number of ether oxygens (including phenoxy) is 2. The number of nitrogens with zero attached hydrogens (tertiary/aromatic N) is 1. The van der Waals surface area contributed by atoms with Crippen LogP contribution in [0, 0.1) is 5.82 Å². The summed E-state index contributed by atoms with van der Waals surface area (Å²) in [6.07, 6.45) is 4.97. The van der Waals surface area contributed by atoms with Crippen molar-refractivity contribution in [3.63, 3.8) is 0 Å². The van der Waals surface area contributed by atoms with E-state index in [2.05, 4.69) is 5.32 Å². The molecule has 2 amide bonds. The molecule has 0 bridgehead atoms. The van der Waals surface area contributed by atoms with Crippen LogP contribution in [0.3, 0.4) is 0 Å². The number of hydrogen-bond acceptors (Lipinski definition) is 5. The van der Waals surface area contributed by atoms with Crippen LogP contribution in [-0.4, -0.2) is 35.2 Å². The van der Waals surface area contributed by atoms with Crippen LogP contribution in [0.5, 0.6) is 0 Å². The molecule has 3 atom stereocenters. The van der Waals surface area contributed by atoms with Crippen LogP contribution >= 0.6 is 11.6 Å². The van der Waals surface area contributed by atoms with Crippen LogP contribution in [0.25, 0.3) is 11.1 Å². The molecule has 2 aromatic carbocycles. The van der Waals surface area contributed by atoms with Crippen LogP contribution in [0.1, 0.15) is 60.1 Å². The lowest BCUT2D eigenvalue weighted by Gasteiger charge is -2.29. The fourth-order valence-electron chi connectivity index (χ4n) is 5.39. The van der Waals surface area contributed by atoms with Crippen molar-refractivity contribution < 1.29 is 23.5 Å². The maximum Gasteiger partial charge on any atom is 0.251 e. The number of amides is 2. The Kier molecular flexibility index (Phi) is 8.35. The summed E-state index contributed by atoms with van der Waals surface area (Å²) in [6, 6.07) is 9.83. The smallest absolute Gasteiger partial charge is 0.251 e. The van der Waals surface area contributed by atoms with Gasteiger partial charge in [0.2, 0.25) is 5.91 Å². The molecule has 1 fully saturated rings. The molecule has 0 unspecified atom stereocenters. The zero-order valence-corrected chi connectivity index (χ0v) is 22.9. The number of anilines is 1. The first-order chi connectivity index (χ1) is 19.2. The van der Waals surface area contributed by atoms with E-state index in [1.807, 2.05) is 25.1 Å². The zero-order chi connectivity index (χ0) is 28.4. The minimum absolute atomic E-state index is 0.0681. The van der Waals surface area contributed by atoms with Crippen molar-refractivity contribution in [1.82, 2.24) is 4.57 Å². The number of carbonyl (C=O) groups is 2. The number of aromatic nitrogens is 1. The van der Waals surface area contributed by atoms with Gasteiger partial charge in [0.25, 0.3) is 11.5 Å².